The Morgan fingerprint density at radius 2 is 1.95 bits per heavy atom. The molecule has 0 unspecified atom stereocenters. The zero-order chi connectivity index (χ0) is 14.5. The van der Waals surface area contributed by atoms with E-state index in [9.17, 15) is 4.39 Å². The van der Waals surface area contributed by atoms with Gasteiger partial charge in [0.2, 0.25) is 0 Å². The topological polar surface area (TPSA) is 21.3 Å². The fourth-order valence-corrected chi connectivity index (χ4v) is 2.16. The van der Waals surface area contributed by atoms with Crippen molar-refractivity contribution in [2.24, 2.45) is 0 Å². The Labute approximate surface area is 123 Å². The molecular weight excluding hydrogens is 277 g/mol. The van der Waals surface area contributed by atoms with Crippen LogP contribution in [0.15, 0.2) is 36.4 Å². The Kier molecular flexibility index (Phi) is 4.99. The number of rotatable bonds is 5. The van der Waals surface area contributed by atoms with Crippen molar-refractivity contribution < 1.29 is 9.13 Å². The quantitative estimate of drug-likeness (QED) is 0.896. The fourth-order valence-electron chi connectivity index (χ4n) is 1.97. The molecule has 2 nitrogen and oxygen atoms in total. The van der Waals surface area contributed by atoms with Crippen molar-refractivity contribution in [3.63, 3.8) is 0 Å². The SMILES string of the molecule is CNCc1cc(Cl)ccc1OCc1cc(F)ccc1C. The van der Waals surface area contributed by atoms with Crippen molar-refractivity contribution in [2.75, 3.05) is 7.05 Å². The molecule has 0 aromatic heterocycles. The standard InChI is InChI=1S/C16H17ClFNO/c1-11-3-5-15(18)8-13(11)10-20-16-6-4-14(17)7-12(16)9-19-2/h3-8,19H,9-10H2,1-2H3. The van der Waals surface area contributed by atoms with Crippen LogP contribution in [-0.2, 0) is 13.2 Å². The second-order valence-electron chi connectivity index (χ2n) is 4.64. The van der Waals surface area contributed by atoms with Crippen LogP contribution in [0.1, 0.15) is 16.7 Å². The molecule has 4 heteroatoms. The first-order chi connectivity index (χ1) is 9.60. The van der Waals surface area contributed by atoms with E-state index >= 15 is 0 Å². The maximum atomic E-state index is 13.2. The van der Waals surface area contributed by atoms with E-state index in [4.69, 9.17) is 16.3 Å². The Balaban J connectivity index is 2.16. The molecule has 0 aliphatic rings. The minimum absolute atomic E-state index is 0.249. The van der Waals surface area contributed by atoms with E-state index in [0.717, 1.165) is 22.4 Å². The van der Waals surface area contributed by atoms with Gasteiger partial charge in [0, 0.05) is 17.1 Å². The van der Waals surface area contributed by atoms with Gasteiger partial charge in [0.15, 0.2) is 0 Å². The summed E-state index contributed by atoms with van der Waals surface area (Å²) in [5, 5.41) is 3.74. The summed E-state index contributed by atoms with van der Waals surface area (Å²) in [4.78, 5) is 0. The maximum absolute atomic E-state index is 13.2. The smallest absolute Gasteiger partial charge is 0.124 e. The van der Waals surface area contributed by atoms with Gasteiger partial charge in [-0.1, -0.05) is 17.7 Å². The predicted octanol–water partition coefficient (Wildman–Crippen LogP) is 4.09. The van der Waals surface area contributed by atoms with Gasteiger partial charge in [-0.3, -0.25) is 0 Å². The van der Waals surface area contributed by atoms with Gasteiger partial charge in [0.25, 0.3) is 0 Å². The average Bonchev–Trinajstić information content (AvgIpc) is 2.42. The van der Waals surface area contributed by atoms with Crippen molar-refractivity contribution in [2.45, 2.75) is 20.1 Å². The van der Waals surface area contributed by atoms with Crippen LogP contribution < -0.4 is 10.1 Å². The average molecular weight is 294 g/mol. The van der Waals surface area contributed by atoms with Crippen LogP contribution in [0.2, 0.25) is 5.02 Å². The summed E-state index contributed by atoms with van der Waals surface area (Å²) in [5.74, 6) is 0.508. The molecule has 2 rings (SSSR count). The molecule has 0 spiro atoms. The van der Waals surface area contributed by atoms with Crippen molar-refractivity contribution in [1.29, 1.82) is 0 Å². The van der Waals surface area contributed by atoms with Crippen LogP contribution in [0.5, 0.6) is 5.75 Å². The molecule has 1 N–H and O–H groups in total. The molecule has 0 fully saturated rings. The van der Waals surface area contributed by atoms with Crippen molar-refractivity contribution >= 4 is 11.6 Å². The molecule has 0 amide bonds. The molecule has 0 saturated heterocycles. The van der Waals surface area contributed by atoms with E-state index < -0.39 is 0 Å². The number of nitrogens with one attached hydrogen (secondary N) is 1. The number of benzene rings is 2. The lowest BCUT2D eigenvalue weighted by molar-refractivity contribution is 0.301. The lowest BCUT2D eigenvalue weighted by Crippen LogP contribution is -2.08. The largest absolute Gasteiger partial charge is 0.489 e. The Bertz CT molecular complexity index is 601. The van der Waals surface area contributed by atoms with Gasteiger partial charge in [0.1, 0.15) is 18.2 Å². The summed E-state index contributed by atoms with van der Waals surface area (Å²) in [6.07, 6.45) is 0. The monoisotopic (exact) mass is 293 g/mol. The van der Waals surface area contributed by atoms with Gasteiger partial charge in [-0.25, -0.2) is 4.39 Å². The first kappa shape index (κ1) is 14.8. The zero-order valence-corrected chi connectivity index (χ0v) is 12.3. The van der Waals surface area contributed by atoms with Crippen molar-refractivity contribution in [3.8, 4) is 5.75 Å². The highest BCUT2D eigenvalue weighted by Crippen LogP contribution is 2.24. The Morgan fingerprint density at radius 1 is 1.15 bits per heavy atom. The molecule has 20 heavy (non-hydrogen) atoms. The van der Waals surface area contributed by atoms with Crippen LogP contribution in [-0.4, -0.2) is 7.05 Å². The van der Waals surface area contributed by atoms with Gasteiger partial charge < -0.3 is 10.1 Å². The fraction of sp³-hybridized carbons (Fsp3) is 0.250. The number of halogens is 2. The molecule has 106 valence electrons. The molecule has 2 aromatic carbocycles. The first-order valence-electron chi connectivity index (χ1n) is 6.41. The number of hydrogen-bond acceptors (Lipinski definition) is 2. The summed E-state index contributed by atoms with van der Waals surface area (Å²) >= 11 is 5.98. The summed E-state index contributed by atoms with van der Waals surface area (Å²) in [6, 6.07) is 10.2. The molecule has 0 bridgehead atoms. The van der Waals surface area contributed by atoms with E-state index in [1.165, 1.54) is 12.1 Å². The summed E-state index contributed by atoms with van der Waals surface area (Å²) in [7, 11) is 1.86. The Hall–Kier alpha value is -1.58. The minimum Gasteiger partial charge on any atom is -0.489 e. The second kappa shape index (κ2) is 6.73. The van der Waals surface area contributed by atoms with E-state index in [1.807, 2.05) is 26.1 Å². The molecule has 0 saturated carbocycles. The summed E-state index contributed by atoms with van der Waals surface area (Å²) in [6.45, 7) is 2.94. The molecular formula is C16H17ClFNO. The third-order valence-electron chi connectivity index (χ3n) is 3.08. The van der Waals surface area contributed by atoms with Gasteiger partial charge in [-0.2, -0.15) is 0 Å². The van der Waals surface area contributed by atoms with Crippen LogP contribution in [0.3, 0.4) is 0 Å². The lowest BCUT2D eigenvalue weighted by atomic mass is 10.1. The van der Waals surface area contributed by atoms with E-state index in [2.05, 4.69) is 5.32 Å². The normalized spacial score (nSPS) is 10.6. The maximum Gasteiger partial charge on any atom is 0.124 e. The first-order valence-corrected chi connectivity index (χ1v) is 6.79. The molecule has 0 atom stereocenters. The van der Waals surface area contributed by atoms with Gasteiger partial charge in [-0.15, -0.1) is 0 Å². The van der Waals surface area contributed by atoms with Crippen LogP contribution in [0.25, 0.3) is 0 Å². The van der Waals surface area contributed by atoms with Crippen LogP contribution in [0.4, 0.5) is 4.39 Å². The van der Waals surface area contributed by atoms with Crippen LogP contribution in [0, 0.1) is 12.7 Å². The molecule has 0 aliphatic carbocycles. The third-order valence-corrected chi connectivity index (χ3v) is 3.32. The number of ether oxygens (including phenoxy) is 1. The molecule has 0 radical (unpaired) electrons. The lowest BCUT2D eigenvalue weighted by Gasteiger charge is -2.13. The zero-order valence-electron chi connectivity index (χ0n) is 11.5. The summed E-state index contributed by atoms with van der Waals surface area (Å²) in [5.41, 5.74) is 2.83. The highest BCUT2D eigenvalue weighted by molar-refractivity contribution is 6.30. The van der Waals surface area contributed by atoms with Crippen molar-refractivity contribution in [3.05, 3.63) is 63.9 Å². The second-order valence-corrected chi connectivity index (χ2v) is 5.08. The van der Waals surface area contributed by atoms with Gasteiger partial charge in [-0.05, 0) is 55.4 Å². The van der Waals surface area contributed by atoms with Crippen molar-refractivity contribution in [1.82, 2.24) is 5.32 Å². The Morgan fingerprint density at radius 3 is 2.70 bits per heavy atom. The van der Waals surface area contributed by atoms with E-state index in [-0.39, 0.29) is 5.82 Å². The summed E-state index contributed by atoms with van der Waals surface area (Å²) < 4.78 is 19.0. The molecule has 2 aromatic rings. The third kappa shape index (κ3) is 3.71. The minimum atomic E-state index is -0.249. The number of hydrogen-bond donors (Lipinski definition) is 1. The van der Waals surface area contributed by atoms with Gasteiger partial charge >= 0.3 is 0 Å². The predicted molar refractivity (Wildman–Crippen MR) is 79.7 cm³/mol. The van der Waals surface area contributed by atoms with Crippen LogP contribution >= 0.6 is 11.6 Å². The number of aryl methyl sites for hydroxylation is 1. The molecule has 0 heterocycles. The van der Waals surface area contributed by atoms with Gasteiger partial charge in [0.05, 0.1) is 0 Å². The highest BCUT2D eigenvalue weighted by atomic mass is 35.5. The molecule has 0 aliphatic heterocycles. The van der Waals surface area contributed by atoms with E-state index in [1.54, 1.807) is 12.1 Å². The van der Waals surface area contributed by atoms with E-state index in [0.29, 0.717) is 18.2 Å². The highest BCUT2D eigenvalue weighted by Gasteiger charge is 2.06.